The molecule has 188 valence electrons. The number of methoxy groups -OCH3 is 1. The van der Waals surface area contributed by atoms with E-state index in [9.17, 15) is 18.0 Å². The van der Waals surface area contributed by atoms with Crippen LogP contribution in [0.5, 0.6) is 0 Å². The van der Waals surface area contributed by atoms with Gasteiger partial charge < -0.3 is 4.74 Å². The van der Waals surface area contributed by atoms with Crippen molar-refractivity contribution in [2.24, 2.45) is 0 Å². The van der Waals surface area contributed by atoms with Gasteiger partial charge in [0.15, 0.2) is 30.0 Å². The first kappa shape index (κ1) is 25.5. The number of aromatic nitrogens is 4. The number of β-lactam (4-membered cyclic amide) rings is 1. The van der Waals surface area contributed by atoms with Crippen LogP contribution in [0.4, 0.5) is 0 Å². The average molecular weight is 582 g/mol. The van der Waals surface area contributed by atoms with Gasteiger partial charge in [-0.05, 0) is 19.4 Å². The summed E-state index contributed by atoms with van der Waals surface area (Å²) in [6.45, 7) is 3.60. The molecule has 0 radical (unpaired) electrons. The standard InChI is InChI=1S/C21H19N5O5S5/c1-10-22-24-20(33-10)32-9-13-14(15(27)12-7-5-4-6-8-12)26-17(28)16(31-3)18(26)36(29,30)19(13)35-21-25-23-11(2)34-21/h4-8,16,18-19H,9H2,1-3H3. The molecule has 0 spiro atoms. The van der Waals surface area contributed by atoms with Crippen molar-refractivity contribution < 1.29 is 22.7 Å². The second kappa shape index (κ2) is 9.95. The molecule has 1 amide bonds. The Hall–Kier alpha value is -2.17. The van der Waals surface area contributed by atoms with Crippen molar-refractivity contribution in [2.45, 2.75) is 38.6 Å². The van der Waals surface area contributed by atoms with E-state index in [0.717, 1.165) is 21.7 Å². The number of carbonyl (C=O) groups excluding carboxylic acids is 2. The highest BCUT2D eigenvalue weighted by atomic mass is 32.3. The fourth-order valence-corrected chi connectivity index (χ4v) is 11.2. The highest BCUT2D eigenvalue weighted by Gasteiger charge is 2.63. The fraction of sp³-hybridized carbons (Fsp3) is 0.333. The van der Waals surface area contributed by atoms with Crippen molar-refractivity contribution in [3.05, 3.63) is 57.2 Å². The first-order valence-corrected chi connectivity index (χ1v) is 15.6. The SMILES string of the molecule is COC1C(=O)N2C(C(=O)c3ccccc3)=C(CSc3nnc(C)s3)C(Sc3nnc(C)s3)S(=O)(=O)C12. The Morgan fingerprint density at radius 2 is 1.69 bits per heavy atom. The summed E-state index contributed by atoms with van der Waals surface area (Å²) in [6, 6.07) is 8.49. The van der Waals surface area contributed by atoms with Gasteiger partial charge in [0, 0.05) is 18.4 Å². The van der Waals surface area contributed by atoms with Crippen molar-refractivity contribution >= 4 is 67.7 Å². The zero-order chi connectivity index (χ0) is 25.6. The lowest BCUT2D eigenvalue weighted by molar-refractivity contribution is -0.158. The molecule has 3 unspecified atom stereocenters. The molecule has 2 aliphatic heterocycles. The third-order valence-electron chi connectivity index (χ3n) is 5.54. The summed E-state index contributed by atoms with van der Waals surface area (Å²) in [6.07, 6.45) is -1.19. The summed E-state index contributed by atoms with van der Waals surface area (Å²) in [5.74, 6) is -0.873. The van der Waals surface area contributed by atoms with Gasteiger partial charge in [0.05, 0.1) is 5.70 Å². The van der Waals surface area contributed by atoms with E-state index in [-0.39, 0.29) is 11.4 Å². The number of hydrogen-bond acceptors (Lipinski definition) is 13. The van der Waals surface area contributed by atoms with E-state index in [4.69, 9.17) is 4.74 Å². The van der Waals surface area contributed by atoms with Gasteiger partial charge in [0.1, 0.15) is 14.6 Å². The molecule has 0 bridgehead atoms. The van der Waals surface area contributed by atoms with Gasteiger partial charge in [-0.15, -0.1) is 20.4 Å². The van der Waals surface area contributed by atoms with Crippen molar-refractivity contribution in [3.8, 4) is 0 Å². The van der Waals surface area contributed by atoms with Crippen LogP contribution < -0.4 is 0 Å². The summed E-state index contributed by atoms with van der Waals surface area (Å²) >= 11 is 4.92. The number of Topliss-reactive ketones (excluding diaryl/α,β-unsaturated/α-hetero) is 1. The van der Waals surface area contributed by atoms with E-state index >= 15 is 0 Å². The molecular weight excluding hydrogens is 563 g/mol. The third-order valence-corrected chi connectivity index (χ3v) is 12.6. The van der Waals surface area contributed by atoms with Crippen molar-refractivity contribution in [2.75, 3.05) is 12.9 Å². The summed E-state index contributed by atoms with van der Waals surface area (Å²) in [5, 5.41) is 16.4. The van der Waals surface area contributed by atoms with Crippen LogP contribution >= 0.6 is 46.2 Å². The summed E-state index contributed by atoms with van der Waals surface area (Å²) in [5.41, 5.74) is 0.717. The second-order valence-corrected chi connectivity index (χ2v) is 15.2. The lowest BCUT2D eigenvalue weighted by Gasteiger charge is -2.50. The number of ketones is 1. The van der Waals surface area contributed by atoms with Crippen LogP contribution in [-0.2, 0) is 19.4 Å². The predicted octanol–water partition coefficient (Wildman–Crippen LogP) is 2.97. The van der Waals surface area contributed by atoms with Crippen molar-refractivity contribution in [3.63, 3.8) is 0 Å². The molecular formula is C21H19N5O5S5. The Morgan fingerprint density at radius 1 is 1.06 bits per heavy atom. The Morgan fingerprint density at radius 3 is 2.28 bits per heavy atom. The molecule has 1 aromatic carbocycles. The number of allylic oxidation sites excluding steroid dienone is 1. The predicted molar refractivity (Wildman–Crippen MR) is 138 cm³/mol. The second-order valence-electron chi connectivity index (χ2n) is 7.83. The van der Waals surface area contributed by atoms with E-state index in [0.29, 0.717) is 24.8 Å². The van der Waals surface area contributed by atoms with Gasteiger partial charge >= 0.3 is 0 Å². The van der Waals surface area contributed by atoms with Crippen molar-refractivity contribution in [1.82, 2.24) is 25.3 Å². The normalized spacial score (nSPS) is 22.9. The molecule has 3 atom stereocenters. The van der Waals surface area contributed by atoms with E-state index < -0.39 is 37.6 Å². The van der Waals surface area contributed by atoms with E-state index in [1.165, 1.54) is 41.5 Å². The molecule has 10 nitrogen and oxygen atoms in total. The zero-order valence-corrected chi connectivity index (χ0v) is 23.2. The first-order chi connectivity index (χ1) is 17.2. The van der Waals surface area contributed by atoms with Crippen LogP contribution in [0.2, 0.25) is 0 Å². The maximum absolute atomic E-state index is 13.9. The molecule has 2 aromatic heterocycles. The van der Waals surface area contributed by atoms with Crippen LogP contribution in [-0.4, -0.2) is 74.3 Å². The molecule has 3 aromatic rings. The van der Waals surface area contributed by atoms with Gasteiger partial charge in [0.25, 0.3) is 5.91 Å². The minimum Gasteiger partial charge on any atom is -0.368 e. The quantitative estimate of drug-likeness (QED) is 0.221. The van der Waals surface area contributed by atoms with Gasteiger partial charge in [-0.2, -0.15) is 0 Å². The molecule has 36 heavy (non-hydrogen) atoms. The van der Waals surface area contributed by atoms with E-state index in [2.05, 4.69) is 20.4 Å². The maximum Gasteiger partial charge on any atom is 0.260 e. The Bertz CT molecular complexity index is 1470. The number of carbonyl (C=O) groups is 2. The van der Waals surface area contributed by atoms with Crippen LogP contribution in [0, 0.1) is 13.8 Å². The lowest BCUT2D eigenvalue weighted by atomic mass is 9.99. The van der Waals surface area contributed by atoms with Crippen LogP contribution in [0.15, 0.2) is 50.3 Å². The third kappa shape index (κ3) is 4.41. The number of thioether (sulfide) groups is 2. The minimum absolute atomic E-state index is 0.0619. The number of benzene rings is 1. The Balaban J connectivity index is 1.67. The molecule has 0 aliphatic carbocycles. The monoisotopic (exact) mass is 581 g/mol. The molecule has 4 heterocycles. The smallest absolute Gasteiger partial charge is 0.260 e. The molecule has 2 aliphatic rings. The van der Waals surface area contributed by atoms with Gasteiger partial charge in [-0.1, -0.05) is 76.5 Å². The lowest BCUT2D eigenvalue weighted by Crippen LogP contribution is -2.71. The van der Waals surface area contributed by atoms with Crippen LogP contribution in [0.3, 0.4) is 0 Å². The largest absolute Gasteiger partial charge is 0.368 e. The average Bonchev–Trinajstić information content (AvgIpc) is 3.47. The number of nitrogens with zero attached hydrogens (tertiary/aromatic N) is 5. The summed E-state index contributed by atoms with van der Waals surface area (Å²) in [4.78, 5) is 27.9. The molecule has 0 N–H and O–H groups in total. The zero-order valence-electron chi connectivity index (χ0n) is 19.1. The van der Waals surface area contributed by atoms with Gasteiger partial charge in [-0.25, -0.2) is 8.42 Å². The van der Waals surface area contributed by atoms with Gasteiger partial charge in [-0.3, -0.25) is 14.5 Å². The number of fused-ring (bicyclic) bond motifs is 1. The molecule has 1 fully saturated rings. The topological polar surface area (TPSA) is 132 Å². The Labute approximate surface area is 223 Å². The summed E-state index contributed by atoms with van der Waals surface area (Å²) < 4.78 is 33.0. The molecule has 15 heteroatoms. The molecule has 5 rings (SSSR count). The summed E-state index contributed by atoms with van der Waals surface area (Å²) in [7, 11) is -2.73. The van der Waals surface area contributed by atoms with Crippen LogP contribution in [0.25, 0.3) is 0 Å². The van der Waals surface area contributed by atoms with Crippen molar-refractivity contribution in [1.29, 1.82) is 0 Å². The number of sulfone groups is 1. The highest BCUT2D eigenvalue weighted by molar-refractivity contribution is 8.15. The van der Waals surface area contributed by atoms with E-state index in [1.54, 1.807) is 37.3 Å². The minimum atomic E-state index is -4.02. The van der Waals surface area contributed by atoms with Crippen LogP contribution in [0.1, 0.15) is 20.4 Å². The van der Waals surface area contributed by atoms with E-state index in [1.807, 2.05) is 6.92 Å². The maximum atomic E-state index is 13.9. The number of ether oxygens (including phenoxy) is 1. The first-order valence-electron chi connectivity index (χ1n) is 10.5. The number of rotatable bonds is 8. The number of aryl methyl sites for hydroxylation is 2. The van der Waals surface area contributed by atoms with Gasteiger partial charge in [0.2, 0.25) is 5.78 Å². The molecule has 1 saturated heterocycles. The highest BCUT2D eigenvalue weighted by Crippen LogP contribution is 2.48. The fourth-order valence-electron chi connectivity index (χ4n) is 3.95. The number of hydrogen-bond donors (Lipinski definition) is 0. The molecule has 0 saturated carbocycles. The Kier molecular flexibility index (Phi) is 7.04. The number of amides is 1.